The van der Waals surface area contributed by atoms with Crippen molar-refractivity contribution >= 4 is 33.4 Å². The number of hydrogen-bond acceptors (Lipinski definition) is 5. The Labute approximate surface area is 170 Å². The molecule has 158 valence electrons. The third kappa shape index (κ3) is 4.87. The van der Waals surface area contributed by atoms with Gasteiger partial charge in [-0.1, -0.05) is 6.42 Å². The number of carbonyl (C=O) groups excluding carboxylic acids is 3. The molecule has 2 aliphatic heterocycles. The van der Waals surface area contributed by atoms with E-state index in [9.17, 15) is 22.8 Å². The van der Waals surface area contributed by atoms with Gasteiger partial charge in [0.1, 0.15) is 6.54 Å². The molecule has 10 heteroatoms. The first-order chi connectivity index (χ1) is 13.7. The van der Waals surface area contributed by atoms with Crippen LogP contribution in [0.3, 0.4) is 0 Å². The number of likely N-dealkylation sites (tertiary alicyclic amines) is 1. The van der Waals surface area contributed by atoms with Crippen LogP contribution < -0.4 is 15.2 Å². The Kier molecular flexibility index (Phi) is 6.11. The highest BCUT2D eigenvalue weighted by Crippen LogP contribution is 2.34. The number of nitrogens with one attached hydrogen (secondary N) is 2. The highest BCUT2D eigenvalue weighted by Gasteiger charge is 2.32. The number of anilines is 1. The topological polar surface area (TPSA) is 116 Å². The van der Waals surface area contributed by atoms with Crippen molar-refractivity contribution in [2.24, 2.45) is 0 Å². The number of benzene rings is 1. The fourth-order valence-corrected chi connectivity index (χ4v) is 5.13. The summed E-state index contributed by atoms with van der Waals surface area (Å²) in [5.74, 6) is -1.02. The summed E-state index contributed by atoms with van der Waals surface area (Å²) in [4.78, 5) is 37.9. The zero-order chi connectivity index (χ0) is 21.2. The van der Waals surface area contributed by atoms with Crippen LogP contribution in [0.2, 0.25) is 0 Å². The van der Waals surface area contributed by atoms with E-state index in [1.807, 2.05) is 6.92 Å². The molecular formula is C19H26N4O5S. The number of hydrogen-bond donors (Lipinski definition) is 2. The molecule has 1 aromatic rings. The summed E-state index contributed by atoms with van der Waals surface area (Å²) in [7, 11) is -3.40. The van der Waals surface area contributed by atoms with E-state index in [0.29, 0.717) is 30.6 Å². The summed E-state index contributed by atoms with van der Waals surface area (Å²) in [6, 6.07) is 4.54. The number of carbonyl (C=O) groups is 3. The number of sulfonamides is 1. The smallest absolute Gasteiger partial charge is 0.269 e. The fourth-order valence-electron chi connectivity index (χ4n) is 3.87. The maximum atomic E-state index is 12.4. The molecule has 0 saturated carbocycles. The van der Waals surface area contributed by atoms with Crippen molar-refractivity contribution in [3.8, 4) is 0 Å². The Morgan fingerprint density at radius 2 is 1.93 bits per heavy atom. The van der Waals surface area contributed by atoms with Crippen molar-refractivity contribution in [1.29, 1.82) is 0 Å². The number of hydrazine groups is 1. The molecule has 2 N–H and O–H groups in total. The second kappa shape index (κ2) is 8.40. The molecule has 2 aliphatic rings. The van der Waals surface area contributed by atoms with Gasteiger partial charge in [0.05, 0.1) is 11.9 Å². The summed E-state index contributed by atoms with van der Waals surface area (Å²) >= 11 is 0. The second-order valence-electron chi connectivity index (χ2n) is 7.58. The largest absolute Gasteiger partial charge is 0.333 e. The van der Waals surface area contributed by atoms with Gasteiger partial charge in [0.15, 0.2) is 0 Å². The van der Waals surface area contributed by atoms with Crippen LogP contribution in [0.15, 0.2) is 18.2 Å². The summed E-state index contributed by atoms with van der Waals surface area (Å²) in [5, 5.41) is 0. The van der Waals surface area contributed by atoms with Gasteiger partial charge in [-0.2, -0.15) is 0 Å². The minimum atomic E-state index is -3.40. The van der Waals surface area contributed by atoms with E-state index in [1.165, 1.54) is 15.3 Å². The summed E-state index contributed by atoms with van der Waals surface area (Å²) in [5.41, 5.74) is 6.34. The Hall–Kier alpha value is -2.62. The molecule has 1 fully saturated rings. The van der Waals surface area contributed by atoms with Crippen molar-refractivity contribution in [1.82, 2.24) is 15.8 Å². The van der Waals surface area contributed by atoms with Gasteiger partial charge < -0.3 is 4.90 Å². The van der Waals surface area contributed by atoms with Crippen LogP contribution in [-0.4, -0.2) is 56.4 Å². The van der Waals surface area contributed by atoms with Gasteiger partial charge in [-0.15, -0.1) is 0 Å². The minimum Gasteiger partial charge on any atom is -0.333 e. The molecule has 29 heavy (non-hydrogen) atoms. The van der Waals surface area contributed by atoms with Gasteiger partial charge in [-0.3, -0.25) is 29.5 Å². The van der Waals surface area contributed by atoms with E-state index in [2.05, 4.69) is 10.9 Å². The maximum absolute atomic E-state index is 12.4. The van der Waals surface area contributed by atoms with Crippen LogP contribution in [-0.2, 0) is 26.0 Å². The molecule has 0 aromatic heterocycles. The Morgan fingerprint density at radius 3 is 2.66 bits per heavy atom. The lowest BCUT2D eigenvalue weighted by Gasteiger charge is -2.22. The molecule has 0 unspecified atom stereocenters. The predicted octanol–water partition coefficient (Wildman–Crippen LogP) is 0.561. The quantitative estimate of drug-likeness (QED) is 0.688. The molecule has 3 amide bonds. The number of nitrogens with zero attached hydrogens (tertiary/aromatic N) is 2. The van der Waals surface area contributed by atoms with E-state index < -0.39 is 21.8 Å². The Bertz CT molecular complexity index is 931. The first-order valence-electron chi connectivity index (χ1n) is 9.66. The van der Waals surface area contributed by atoms with Crippen molar-refractivity contribution in [2.75, 3.05) is 23.7 Å². The molecule has 0 bridgehead atoms. The van der Waals surface area contributed by atoms with Crippen molar-refractivity contribution in [2.45, 2.75) is 45.1 Å². The molecule has 1 saturated heterocycles. The highest BCUT2D eigenvalue weighted by atomic mass is 32.2. The fraction of sp³-hybridized carbons (Fsp3) is 0.526. The maximum Gasteiger partial charge on any atom is 0.269 e. The van der Waals surface area contributed by atoms with Crippen LogP contribution in [0.1, 0.15) is 48.5 Å². The van der Waals surface area contributed by atoms with Crippen LogP contribution in [0.4, 0.5) is 5.69 Å². The van der Waals surface area contributed by atoms with Crippen LogP contribution in [0.25, 0.3) is 0 Å². The highest BCUT2D eigenvalue weighted by molar-refractivity contribution is 7.92. The van der Waals surface area contributed by atoms with Crippen LogP contribution in [0, 0.1) is 0 Å². The molecule has 1 aromatic carbocycles. The summed E-state index contributed by atoms with van der Waals surface area (Å²) in [6.07, 6.45) is 4.77. The van der Waals surface area contributed by atoms with Crippen molar-refractivity contribution in [3.05, 3.63) is 29.3 Å². The molecule has 0 aliphatic carbocycles. The standard InChI is InChI=1S/C19H26N4O5S/c1-13-10-15-11-14(7-8-16(15)23(13)29(2,27)28)19(26)21-20-17(24)12-22-9-5-3-4-6-18(22)25/h7-8,11,13H,3-6,9-10,12H2,1-2H3,(H,20,24)(H,21,26)/t13-/m0/s1. The normalized spacial score (nSPS) is 19.5. The Balaban J connectivity index is 1.60. The van der Waals surface area contributed by atoms with E-state index in [1.54, 1.807) is 12.1 Å². The lowest BCUT2D eigenvalue weighted by atomic mass is 10.1. The average molecular weight is 423 g/mol. The van der Waals surface area contributed by atoms with E-state index in [4.69, 9.17) is 0 Å². The van der Waals surface area contributed by atoms with Crippen molar-refractivity contribution in [3.63, 3.8) is 0 Å². The van der Waals surface area contributed by atoms with Crippen molar-refractivity contribution < 1.29 is 22.8 Å². The zero-order valence-electron chi connectivity index (χ0n) is 16.6. The number of amides is 3. The molecule has 0 radical (unpaired) electrons. The van der Waals surface area contributed by atoms with Gasteiger partial charge in [0.25, 0.3) is 11.8 Å². The van der Waals surface area contributed by atoms with Gasteiger partial charge >= 0.3 is 0 Å². The van der Waals surface area contributed by atoms with Gasteiger partial charge in [-0.05, 0) is 49.9 Å². The monoisotopic (exact) mass is 422 g/mol. The van der Waals surface area contributed by atoms with E-state index in [-0.39, 0.29) is 18.5 Å². The van der Waals surface area contributed by atoms with Gasteiger partial charge in [0, 0.05) is 24.6 Å². The predicted molar refractivity (Wildman–Crippen MR) is 108 cm³/mol. The van der Waals surface area contributed by atoms with E-state index in [0.717, 1.165) is 31.1 Å². The Morgan fingerprint density at radius 1 is 1.17 bits per heavy atom. The molecule has 3 rings (SSSR count). The summed E-state index contributed by atoms with van der Waals surface area (Å²) < 4.78 is 25.3. The lowest BCUT2D eigenvalue weighted by molar-refractivity contribution is -0.135. The zero-order valence-corrected chi connectivity index (χ0v) is 17.4. The summed E-state index contributed by atoms with van der Waals surface area (Å²) in [6.45, 7) is 2.26. The lowest BCUT2D eigenvalue weighted by Crippen LogP contribution is -2.47. The molecule has 1 atom stereocenters. The number of rotatable bonds is 4. The second-order valence-corrected chi connectivity index (χ2v) is 9.44. The molecule has 0 spiro atoms. The van der Waals surface area contributed by atoms with E-state index >= 15 is 0 Å². The first-order valence-corrected chi connectivity index (χ1v) is 11.5. The van der Waals surface area contributed by atoms with Gasteiger partial charge in [-0.25, -0.2) is 8.42 Å². The minimum absolute atomic E-state index is 0.0489. The van der Waals surface area contributed by atoms with Crippen LogP contribution in [0.5, 0.6) is 0 Å². The molecule has 2 heterocycles. The number of fused-ring (bicyclic) bond motifs is 1. The molecular weight excluding hydrogens is 396 g/mol. The third-order valence-corrected chi connectivity index (χ3v) is 6.44. The first kappa shape index (κ1) is 21.1. The van der Waals surface area contributed by atoms with Crippen LogP contribution >= 0.6 is 0 Å². The third-order valence-electron chi connectivity index (χ3n) is 5.17. The average Bonchev–Trinajstić information content (AvgIpc) is 2.86. The SMILES string of the molecule is C[C@H]1Cc2cc(C(=O)NNC(=O)CN3CCCCCC3=O)ccc2N1S(C)(=O)=O. The molecule has 9 nitrogen and oxygen atoms in total. The van der Waals surface area contributed by atoms with Gasteiger partial charge in [0.2, 0.25) is 15.9 Å².